The zero-order valence-corrected chi connectivity index (χ0v) is 10.1. The third-order valence-electron chi connectivity index (χ3n) is 2.92. The minimum absolute atomic E-state index is 0.577. The highest BCUT2D eigenvalue weighted by molar-refractivity contribution is 5.76. The summed E-state index contributed by atoms with van der Waals surface area (Å²) in [5.41, 5.74) is 2.89. The van der Waals surface area contributed by atoms with Crippen LogP contribution in [0.2, 0.25) is 0 Å². The van der Waals surface area contributed by atoms with Gasteiger partial charge in [-0.2, -0.15) is 0 Å². The lowest BCUT2D eigenvalue weighted by atomic mass is 10.1. The van der Waals surface area contributed by atoms with Crippen molar-refractivity contribution < 1.29 is 5.11 Å². The number of aliphatic hydroxyl groups is 1. The summed E-state index contributed by atoms with van der Waals surface area (Å²) in [4.78, 5) is 6.21. The highest BCUT2D eigenvalue weighted by Crippen LogP contribution is 2.21. The average molecular weight is 219 g/mol. The fourth-order valence-corrected chi connectivity index (χ4v) is 1.80. The fourth-order valence-electron chi connectivity index (χ4n) is 1.80. The van der Waals surface area contributed by atoms with E-state index >= 15 is 0 Å². The summed E-state index contributed by atoms with van der Waals surface area (Å²) in [7, 11) is 5.68. The molecule has 0 spiro atoms. The maximum atomic E-state index is 9.92. The quantitative estimate of drug-likeness (QED) is 0.777. The number of aromatic nitrogens is 2. The molecular weight excluding hydrogens is 202 g/mol. The summed E-state index contributed by atoms with van der Waals surface area (Å²) in [6.45, 7) is 1.97. The Morgan fingerprint density at radius 2 is 2.06 bits per heavy atom. The van der Waals surface area contributed by atoms with Gasteiger partial charge < -0.3 is 9.67 Å². The molecule has 2 aromatic rings. The first-order chi connectivity index (χ1) is 7.50. The Kier molecular flexibility index (Phi) is 2.69. The second-order valence-corrected chi connectivity index (χ2v) is 4.30. The van der Waals surface area contributed by atoms with Crippen LogP contribution in [0.15, 0.2) is 18.2 Å². The van der Waals surface area contributed by atoms with E-state index in [0.29, 0.717) is 0 Å². The molecule has 2 rings (SSSR count). The molecule has 0 saturated carbocycles. The van der Waals surface area contributed by atoms with Crippen LogP contribution >= 0.6 is 0 Å². The molecule has 1 heterocycles. The molecule has 0 radical (unpaired) electrons. The molecule has 86 valence electrons. The second kappa shape index (κ2) is 3.88. The van der Waals surface area contributed by atoms with Crippen LogP contribution in [0.25, 0.3) is 11.0 Å². The lowest BCUT2D eigenvalue weighted by molar-refractivity contribution is 0.0396. The van der Waals surface area contributed by atoms with E-state index in [4.69, 9.17) is 0 Å². The molecule has 0 saturated heterocycles. The molecule has 4 nitrogen and oxygen atoms in total. The molecule has 1 unspecified atom stereocenters. The van der Waals surface area contributed by atoms with Crippen molar-refractivity contribution in [2.75, 3.05) is 14.1 Å². The average Bonchev–Trinajstić information content (AvgIpc) is 2.53. The van der Waals surface area contributed by atoms with Gasteiger partial charge in [-0.05, 0) is 38.7 Å². The molecule has 1 N–H and O–H groups in total. The van der Waals surface area contributed by atoms with Gasteiger partial charge in [-0.1, -0.05) is 6.07 Å². The van der Waals surface area contributed by atoms with E-state index < -0.39 is 6.23 Å². The molecule has 0 fully saturated rings. The van der Waals surface area contributed by atoms with E-state index in [-0.39, 0.29) is 0 Å². The zero-order valence-electron chi connectivity index (χ0n) is 10.1. The summed E-state index contributed by atoms with van der Waals surface area (Å²) < 4.78 is 2.04. The van der Waals surface area contributed by atoms with Gasteiger partial charge in [0, 0.05) is 7.05 Å². The predicted molar refractivity (Wildman–Crippen MR) is 64.1 cm³/mol. The minimum atomic E-state index is -0.577. The SMILES string of the molecule is Cc1nc2cc(C(O)N(C)C)ccc2n1C. The Balaban J connectivity index is 2.52. The second-order valence-electron chi connectivity index (χ2n) is 4.30. The van der Waals surface area contributed by atoms with Crippen LogP contribution in [0.1, 0.15) is 17.6 Å². The van der Waals surface area contributed by atoms with Crippen molar-refractivity contribution in [3.05, 3.63) is 29.6 Å². The van der Waals surface area contributed by atoms with Gasteiger partial charge in [0.15, 0.2) is 0 Å². The maximum absolute atomic E-state index is 9.92. The van der Waals surface area contributed by atoms with Gasteiger partial charge in [-0.25, -0.2) is 4.98 Å². The fraction of sp³-hybridized carbons (Fsp3) is 0.417. The highest BCUT2D eigenvalue weighted by Gasteiger charge is 2.12. The van der Waals surface area contributed by atoms with Crippen LogP contribution in [-0.4, -0.2) is 33.7 Å². The summed E-state index contributed by atoms with van der Waals surface area (Å²) in [5, 5.41) is 9.92. The smallest absolute Gasteiger partial charge is 0.133 e. The van der Waals surface area contributed by atoms with E-state index in [1.54, 1.807) is 4.90 Å². The number of nitrogens with zero attached hydrogens (tertiary/aromatic N) is 3. The first-order valence-electron chi connectivity index (χ1n) is 5.28. The van der Waals surface area contributed by atoms with Crippen LogP contribution in [0.5, 0.6) is 0 Å². The van der Waals surface area contributed by atoms with Gasteiger partial charge in [0.2, 0.25) is 0 Å². The number of hydrogen-bond donors (Lipinski definition) is 1. The van der Waals surface area contributed by atoms with Crippen molar-refractivity contribution in [3.63, 3.8) is 0 Å². The number of hydrogen-bond acceptors (Lipinski definition) is 3. The lowest BCUT2D eigenvalue weighted by Crippen LogP contribution is -2.19. The molecule has 0 amide bonds. The van der Waals surface area contributed by atoms with Crippen LogP contribution in [0.4, 0.5) is 0 Å². The van der Waals surface area contributed by atoms with E-state index in [0.717, 1.165) is 22.4 Å². The van der Waals surface area contributed by atoms with Gasteiger partial charge in [0.05, 0.1) is 11.0 Å². The highest BCUT2D eigenvalue weighted by atomic mass is 16.3. The Bertz CT molecular complexity index is 516. The van der Waals surface area contributed by atoms with Crippen molar-refractivity contribution in [2.45, 2.75) is 13.2 Å². The molecule has 0 aliphatic heterocycles. The largest absolute Gasteiger partial charge is 0.374 e. The predicted octanol–water partition coefficient (Wildman–Crippen LogP) is 1.43. The third kappa shape index (κ3) is 1.70. The monoisotopic (exact) mass is 219 g/mol. The standard InChI is InChI=1S/C12H17N3O/c1-8-13-10-7-9(12(16)14(2)3)5-6-11(10)15(8)4/h5-7,12,16H,1-4H3. The molecular formula is C12H17N3O. The number of aliphatic hydroxyl groups excluding tert-OH is 1. The van der Waals surface area contributed by atoms with Gasteiger partial charge >= 0.3 is 0 Å². The summed E-state index contributed by atoms with van der Waals surface area (Å²) in [6.07, 6.45) is -0.577. The molecule has 4 heteroatoms. The van der Waals surface area contributed by atoms with E-state index in [2.05, 4.69) is 4.98 Å². The van der Waals surface area contributed by atoms with Crippen molar-refractivity contribution in [1.29, 1.82) is 0 Å². The molecule has 1 aromatic heterocycles. The molecule has 0 bridgehead atoms. The minimum Gasteiger partial charge on any atom is -0.374 e. The first kappa shape index (κ1) is 11.1. The number of benzene rings is 1. The summed E-state index contributed by atoms with van der Waals surface area (Å²) in [6, 6.07) is 5.87. The first-order valence-corrected chi connectivity index (χ1v) is 5.28. The summed E-state index contributed by atoms with van der Waals surface area (Å²) in [5.74, 6) is 0.978. The normalized spacial score (nSPS) is 13.6. The maximum Gasteiger partial charge on any atom is 0.133 e. The van der Waals surface area contributed by atoms with Crippen molar-refractivity contribution in [1.82, 2.24) is 14.5 Å². The number of rotatable bonds is 2. The van der Waals surface area contributed by atoms with Crippen molar-refractivity contribution >= 4 is 11.0 Å². The zero-order chi connectivity index (χ0) is 11.9. The van der Waals surface area contributed by atoms with Crippen LogP contribution in [0.3, 0.4) is 0 Å². The third-order valence-corrected chi connectivity index (χ3v) is 2.92. The van der Waals surface area contributed by atoms with Crippen molar-refractivity contribution in [3.8, 4) is 0 Å². The van der Waals surface area contributed by atoms with Gasteiger partial charge in [0.25, 0.3) is 0 Å². The Morgan fingerprint density at radius 1 is 1.38 bits per heavy atom. The van der Waals surface area contributed by atoms with Crippen LogP contribution in [-0.2, 0) is 7.05 Å². The van der Waals surface area contributed by atoms with Crippen LogP contribution < -0.4 is 0 Å². The molecule has 16 heavy (non-hydrogen) atoms. The number of imidazole rings is 1. The Hall–Kier alpha value is -1.39. The van der Waals surface area contributed by atoms with E-state index in [9.17, 15) is 5.11 Å². The molecule has 1 aromatic carbocycles. The Morgan fingerprint density at radius 3 is 2.69 bits per heavy atom. The van der Waals surface area contributed by atoms with Gasteiger partial charge in [0.1, 0.15) is 12.1 Å². The topological polar surface area (TPSA) is 41.3 Å². The van der Waals surface area contributed by atoms with Crippen molar-refractivity contribution in [2.24, 2.45) is 7.05 Å². The lowest BCUT2D eigenvalue weighted by Gasteiger charge is -2.18. The summed E-state index contributed by atoms with van der Waals surface area (Å²) >= 11 is 0. The molecule has 0 aliphatic carbocycles. The Labute approximate surface area is 95.1 Å². The molecule has 0 aliphatic rings. The van der Waals surface area contributed by atoms with Gasteiger partial charge in [-0.15, -0.1) is 0 Å². The van der Waals surface area contributed by atoms with E-state index in [1.165, 1.54) is 0 Å². The number of fused-ring (bicyclic) bond motifs is 1. The molecule has 1 atom stereocenters. The van der Waals surface area contributed by atoms with Gasteiger partial charge in [-0.3, -0.25) is 4.90 Å². The number of aryl methyl sites for hydroxylation is 2. The van der Waals surface area contributed by atoms with E-state index in [1.807, 2.05) is 50.8 Å². The van der Waals surface area contributed by atoms with Crippen LogP contribution in [0, 0.1) is 6.92 Å².